The molecule has 0 aromatic rings. The SMILES string of the molecule is CC(C)(C)[Si](C)(C)OCC[C@@H]1C(=O)N2C(OP(C)(C)=O)=C(SCC#N)C[C@H]12. The Kier molecular flexibility index (Phi) is 6.63. The quantitative estimate of drug-likeness (QED) is 0.318. The number of nitriles is 1. The van der Waals surface area contributed by atoms with Crippen molar-refractivity contribution in [3.8, 4) is 6.07 Å². The molecule has 6 nitrogen and oxygen atoms in total. The van der Waals surface area contributed by atoms with Crippen molar-refractivity contribution in [3.05, 3.63) is 10.8 Å². The van der Waals surface area contributed by atoms with Crippen LogP contribution in [0.5, 0.6) is 0 Å². The molecule has 152 valence electrons. The van der Waals surface area contributed by atoms with Gasteiger partial charge in [-0.05, 0) is 24.6 Å². The topological polar surface area (TPSA) is 79.6 Å². The largest absolute Gasteiger partial charge is 0.426 e. The first-order chi connectivity index (χ1) is 12.3. The van der Waals surface area contributed by atoms with Crippen LogP contribution in [-0.2, 0) is 18.3 Å². The van der Waals surface area contributed by atoms with Crippen LogP contribution in [0.1, 0.15) is 33.6 Å². The number of hydrogen-bond acceptors (Lipinski definition) is 6. The number of thioether (sulfide) groups is 1. The highest BCUT2D eigenvalue weighted by atomic mass is 32.2. The summed E-state index contributed by atoms with van der Waals surface area (Å²) in [7, 11) is -4.62. The third kappa shape index (κ3) is 5.00. The molecule has 2 rings (SSSR count). The minimum absolute atomic E-state index is 0.00911. The predicted molar refractivity (Wildman–Crippen MR) is 112 cm³/mol. The van der Waals surface area contributed by atoms with Crippen LogP contribution in [0.4, 0.5) is 0 Å². The Morgan fingerprint density at radius 3 is 2.52 bits per heavy atom. The van der Waals surface area contributed by atoms with Crippen molar-refractivity contribution in [2.24, 2.45) is 5.92 Å². The van der Waals surface area contributed by atoms with Gasteiger partial charge in [-0.2, -0.15) is 5.26 Å². The number of β-lactam (4-membered cyclic amide) rings is 1. The number of nitrogens with zero attached hydrogens (tertiary/aromatic N) is 2. The first-order valence-corrected chi connectivity index (χ1v) is 15.6. The highest BCUT2D eigenvalue weighted by molar-refractivity contribution is 8.03. The molecule has 0 spiro atoms. The van der Waals surface area contributed by atoms with Crippen molar-refractivity contribution in [2.45, 2.75) is 57.8 Å². The Hall–Kier alpha value is -0.743. The Balaban J connectivity index is 2.02. The second-order valence-electron chi connectivity index (χ2n) is 9.00. The van der Waals surface area contributed by atoms with Crippen molar-refractivity contribution in [2.75, 3.05) is 25.7 Å². The van der Waals surface area contributed by atoms with Crippen molar-refractivity contribution in [3.63, 3.8) is 0 Å². The maximum Gasteiger partial charge on any atom is 0.243 e. The molecule has 0 N–H and O–H groups in total. The van der Waals surface area contributed by atoms with Crippen LogP contribution in [0, 0.1) is 17.2 Å². The third-order valence-corrected chi connectivity index (χ3v) is 11.6. The van der Waals surface area contributed by atoms with E-state index in [9.17, 15) is 9.36 Å². The lowest BCUT2D eigenvalue weighted by atomic mass is 9.85. The minimum atomic E-state index is -2.79. The molecule has 2 atom stereocenters. The summed E-state index contributed by atoms with van der Waals surface area (Å²) < 4.78 is 24.0. The van der Waals surface area contributed by atoms with E-state index in [1.165, 1.54) is 25.1 Å². The van der Waals surface area contributed by atoms with Gasteiger partial charge >= 0.3 is 0 Å². The number of hydrogen-bond donors (Lipinski definition) is 0. The van der Waals surface area contributed by atoms with E-state index in [-0.39, 0.29) is 28.7 Å². The van der Waals surface area contributed by atoms with Crippen LogP contribution in [0.2, 0.25) is 18.1 Å². The molecule has 0 aromatic heterocycles. The van der Waals surface area contributed by atoms with Gasteiger partial charge in [0.1, 0.15) is 0 Å². The molecule has 0 radical (unpaired) electrons. The van der Waals surface area contributed by atoms with Gasteiger partial charge in [0.25, 0.3) is 0 Å². The number of carbonyl (C=O) groups is 1. The summed E-state index contributed by atoms with van der Waals surface area (Å²) in [6, 6.07) is 2.13. The zero-order valence-corrected chi connectivity index (χ0v) is 20.1. The smallest absolute Gasteiger partial charge is 0.243 e. The highest BCUT2D eigenvalue weighted by Crippen LogP contribution is 2.52. The highest BCUT2D eigenvalue weighted by Gasteiger charge is 2.54. The average molecular weight is 431 g/mol. The van der Waals surface area contributed by atoms with Crippen LogP contribution in [0.25, 0.3) is 0 Å². The summed E-state index contributed by atoms with van der Waals surface area (Å²) >= 11 is 1.37. The van der Waals surface area contributed by atoms with Crippen molar-refractivity contribution in [1.29, 1.82) is 5.26 Å². The lowest BCUT2D eigenvalue weighted by molar-refractivity contribution is -0.154. The summed E-state index contributed by atoms with van der Waals surface area (Å²) in [5.41, 5.74) is 0. The van der Waals surface area contributed by atoms with E-state index < -0.39 is 15.7 Å². The van der Waals surface area contributed by atoms with E-state index in [0.29, 0.717) is 25.3 Å². The summed E-state index contributed by atoms with van der Waals surface area (Å²) in [5, 5.41) is 9.01. The van der Waals surface area contributed by atoms with Gasteiger partial charge in [-0.3, -0.25) is 14.3 Å². The zero-order chi connectivity index (χ0) is 20.6. The summed E-state index contributed by atoms with van der Waals surface area (Å²) in [5.74, 6) is 0.602. The molecule has 0 saturated carbocycles. The Morgan fingerprint density at radius 1 is 1.37 bits per heavy atom. The van der Waals surface area contributed by atoms with Crippen molar-refractivity contribution in [1.82, 2.24) is 4.90 Å². The fourth-order valence-corrected chi connectivity index (χ4v) is 5.55. The minimum Gasteiger partial charge on any atom is -0.426 e. The Morgan fingerprint density at radius 2 is 2.00 bits per heavy atom. The molecule has 27 heavy (non-hydrogen) atoms. The van der Waals surface area contributed by atoms with Crippen molar-refractivity contribution >= 4 is 33.4 Å². The van der Waals surface area contributed by atoms with Gasteiger partial charge in [-0.25, -0.2) is 0 Å². The van der Waals surface area contributed by atoms with Gasteiger partial charge in [0.05, 0.1) is 23.8 Å². The summed E-state index contributed by atoms with van der Waals surface area (Å²) in [4.78, 5) is 15.2. The van der Waals surface area contributed by atoms with Gasteiger partial charge in [-0.15, -0.1) is 11.8 Å². The third-order valence-electron chi connectivity index (χ3n) is 5.52. The van der Waals surface area contributed by atoms with Crippen LogP contribution >= 0.6 is 19.1 Å². The molecule has 1 saturated heterocycles. The Labute approximate surface area is 168 Å². The molecule has 0 aromatic carbocycles. The average Bonchev–Trinajstić information content (AvgIpc) is 2.80. The molecule has 1 fully saturated rings. The van der Waals surface area contributed by atoms with E-state index in [1.54, 1.807) is 4.90 Å². The monoisotopic (exact) mass is 430 g/mol. The number of fused-ring (bicyclic) bond motifs is 1. The van der Waals surface area contributed by atoms with Gasteiger partial charge in [0, 0.05) is 31.3 Å². The molecule has 2 aliphatic rings. The molecule has 1 amide bonds. The molecular formula is C18H31N2O4PSSi. The zero-order valence-electron chi connectivity index (χ0n) is 17.4. The first kappa shape index (κ1) is 22.5. The van der Waals surface area contributed by atoms with Gasteiger partial charge in [0.2, 0.25) is 19.2 Å². The lowest BCUT2D eigenvalue weighted by Gasteiger charge is -2.44. The molecular weight excluding hydrogens is 399 g/mol. The fourth-order valence-electron chi connectivity index (χ4n) is 3.02. The standard InChI is InChI=1S/C18H31N2O4PSSi/c1-18(2,3)27(6,7)23-10-8-13-14-12-15(26-11-9-19)17(20(14)16(13)21)24-25(4,5)22/h13-14H,8,10-12H2,1-7H3/t13-,14+/m0/s1. The second-order valence-corrected chi connectivity index (χ2v) is 17.6. The van der Waals surface area contributed by atoms with Crippen LogP contribution in [0.15, 0.2) is 10.8 Å². The number of carbonyl (C=O) groups excluding carboxylic acids is 1. The van der Waals surface area contributed by atoms with E-state index in [1.807, 2.05) is 0 Å². The predicted octanol–water partition coefficient (Wildman–Crippen LogP) is 4.61. The normalized spacial score (nSPS) is 23.2. The Bertz CT molecular complexity index is 720. The summed E-state index contributed by atoms with van der Waals surface area (Å²) in [6.07, 6.45) is 1.35. The molecule has 2 heterocycles. The molecule has 0 bridgehead atoms. The van der Waals surface area contributed by atoms with Crippen LogP contribution in [-0.4, -0.2) is 50.9 Å². The molecule has 0 aliphatic carbocycles. The van der Waals surface area contributed by atoms with Gasteiger partial charge in [-0.1, -0.05) is 20.8 Å². The number of rotatable bonds is 8. The maximum atomic E-state index is 12.7. The fraction of sp³-hybridized carbons (Fsp3) is 0.778. The molecule has 9 heteroatoms. The summed E-state index contributed by atoms with van der Waals surface area (Å²) in [6.45, 7) is 14.7. The van der Waals surface area contributed by atoms with Crippen molar-refractivity contribution < 1.29 is 18.3 Å². The molecule has 0 unspecified atom stereocenters. The maximum absolute atomic E-state index is 12.7. The van der Waals surface area contributed by atoms with E-state index in [2.05, 4.69) is 39.9 Å². The van der Waals surface area contributed by atoms with Gasteiger partial charge in [0.15, 0.2) is 8.32 Å². The van der Waals surface area contributed by atoms with E-state index in [4.69, 9.17) is 14.2 Å². The second kappa shape index (κ2) is 7.94. The first-order valence-electron chi connectivity index (χ1n) is 9.23. The molecule has 2 aliphatic heterocycles. The van der Waals surface area contributed by atoms with E-state index >= 15 is 0 Å². The van der Waals surface area contributed by atoms with E-state index in [0.717, 1.165) is 4.91 Å². The lowest BCUT2D eigenvalue weighted by Crippen LogP contribution is -2.58. The van der Waals surface area contributed by atoms with Crippen LogP contribution in [0.3, 0.4) is 0 Å². The van der Waals surface area contributed by atoms with Crippen LogP contribution < -0.4 is 0 Å². The number of amides is 1. The van der Waals surface area contributed by atoms with Gasteiger partial charge < -0.3 is 8.95 Å².